The number of anilines is 2. The molecule has 0 spiro atoms. The summed E-state index contributed by atoms with van der Waals surface area (Å²) < 4.78 is 0. The van der Waals surface area contributed by atoms with E-state index in [0.29, 0.717) is 11.9 Å². The minimum atomic E-state index is 0.587. The quantitative estimate of drug-likeness (QED) is 0.780. The number of nitrogen functional groups attached to an aromatic ring is 1. The zero-order valence-electron chi connectivity index (χ0n) is 9.24. The molecule has 0 aromatic carbocycles. The predicted octanol–water partition coefficient (Wildman–Crippen LogP) is 2.65. The van der Waals surface area contributed by atoms with Crippen molar-refractivity contribution in [1.82, 2.24) is 4.98 Å². The summed E-state index contributed by atoms with van der Waals surface area (Å²) in [5.41, 5.74) is 6.75. The standard InChI is InChI=1S/C12H19N3/c1-9-4-2-3-5-11(9)15-10-6-7-14-12(13)8-10/h6-9,11H,2-5H2,1H3,(H3,13,14,15). The highest BCUT2D eigenvalue weighted by Gasteiger charge is 2.20. The third-order valence-corrected chi connectivity index (χ3v) is 3.24. The van der Waals surface area contributed by atoms with Gasteiger partial charge in [0.2, 0.25) is 0 Å². The van der Waals surface area contributed by atoms with Gasteiger partial charge in [-0.2, -0.15) is 0 Å². The van der Waals surface area contributed by atoms with Crippen LogP contribution in [0.5, 0.6) is 0 Å². The van der Waals surface area contributed by atoms with E-state index in [1.807, 2.05) is 12.1 Å². The molecule has 82 valence electrons. The number of aromatic nitrogens is 1. The van der Waals surface area contributed by atoms with Crippen molar-refractivity contribution in [3.8, 4) is 0 Å². The summed E-state index contributed by atoms with van der Waals surface area (Å²) in [5, 5.41) is 3.55. The van der Waals surface area contributed by atoms with Gasteiger partial charge in [0.25, 0.3) is 0 Å². The summed E-state index contributed by atoms with van der Waals surface area (Å²) in [6.07, 6.45) is 7.06. The van der Waals surface area contributed by atoms with Crippen LogP contribution in [0, 0.1) is 5.92 Å². The van der Waals surface area contributed by atoms with Crippen LogP contribution >= 0.6 is 0 Å². The summed E-state index contributed by atoms with van der Waals surface area (Å²) in [6.45, 7) is 2.32. The lowest BCUT2D eigenvalue weighted by Gasteiger charge is -2.30. The molecule has 3 N–H and O–H groups in total. The molecule has 1 aromatic heterocycles. The van der Waals surface area contributed by atoms with Gasteiger partial charge in [0, 0.05) is 24.0 Å². The fraction of sp³-hybridized carbons (Fsp3) is 0.583. The molecule has 0 aliphatic heterocycles. The number of nitrogens with zero attached hydrogens (tertiary/aromatic N) is 1. The van der Waals surface area contributed by atoms with Gasteiger partial charge in [0.15, 0.2) is 0 Å². The number of nitrogens with one attached hydrogen (secondary N) is 1. The van der Waals surface area contributed by atoms with Crippen molar-refractivity contribution in [3.05, 3.63) is 18.3 Å². The van der Waals surface area contributed by atoms with Gasteiger partial charge in [-0.25, -0.2) is 4.98 Å². The molecule has 3 nitrogen and oxygen atoms in total. The average molecular weight is 205 g/mol. The van der Waals surface area contributed by atoms with Crippen LogP contribution in [0.4, 0.5) is 11.5 Å². The number of pyridine rings is 1. The summed E-state index contributed by atoms with van der Waals surface area (Å²) in [5.74, 6) is 1.34. The van der Waals surface area contributed by atoms with Crippen LogP contribution in [0.3, 0.4) is 0 Å². The molecule has 2 atom stereocenters. The molecule has 1 aliphatic rings. The zero-order valence-corrected chi connectivity index (χ0v) is 9.24. The van der Waals surface area contributed by atoms with E-state index in [2.05, 4.69) is 17.2 Å². The monoisotopic (exact) mass is 205 g/mol. The van der Waals surface area contributed by atoms with Crippen molar-refractivity contribution >= 4 is 11.5 Å². The van der Waals surface area contributed by atoms with Crippen LogP contribution < -0.4 is 11.1 Å². The van der Waals surface area contributed by atoms with Gasteiger partial charge < -0.3 is 11.1 Å². The van der Waals surface area contributed by atoms with Crippen molar-refractivity contribution < 1.29 is 0 Å². The Balaban J connectivity index is 2.01. The molecule has 2 rings (SSSR count). The molecule has 1 fully saturated rings. The molecule has 0 saturated heterocycles. The lowest BCUT2D eigenvalue weighted by atomic mass is 9.86. The molecule has 1 heterocycles. The molecule has 1 saturated carbocycles. The smallest absolute Gasteiger partial charge is 0.125 e. The van der Waals surface area contributed by atoms with E-state index < -0.39 is 0 Å². The van der Waals surface area contributed by atoms with Crippen LogP contribution in [-0.2, 0) is 0 Å². The van der Waals surface area contributed by atoms with E-state index in [4.69, 9.17) is 5.73 Å². The Kier molecular flexibility index (Phi) is 3.09. The first kappa shape index (κ1) is 10.3. The minimum Gasteiger partial charge on any atom is -0.384 e. The lowest BCUT2D eigenvalue weighted by molar-refractivity contribution is 0.349. The van der Waals surface area contributed by atoms with Crippen molar-refractivity contribution in [2.24, 2.45) is 5.92 Å². The summed E-state index contributed by atoms with van der Waals surface area (Å²) in [6, 6.07) is 4.49. The molecule has 0 amide bonds. The van der Waals surface area contributed by atoms with Crippen molar-refractivity contribution in [3.63, 3.8) is 0 Å². The van der Waals surface area contributed by atoms with Gasteiger partial charge in [-0.05, 0) is 24.8 Å². The highest BCUT2D eigenvalue weighted by Crippen LogP contribution is 2.26. The molecule has 3 heteroatoms. The molecule has 1 aromatic rings. The van der Waals surface area contributed by atoms with E-state index >= 15 is 0 Å². The first-order chi connectivity index (χ1) is 7.25. The van der Waals surface area contributed by atoms with Crippen LogP contribution in [0.2, 0.25) is 0 Å². The Morgan fingerprint density at radius 1 is 1.40 bits per heavy atom. The number of rotatable bonds is 2. The Morgan fingerprint density at radius 3 is 2.93 bits per heavy atom. The van der Waals surface area contributed by atoms with Crippen molar-refractivity contribution in [2.75, 3.05) is 11.1 Å². The third-order valence-electron chi connectivity index (χ3n) is 3.24. The molecule has 0 bridgehead atoms. The summed E-state index contributed by atoms with van der Waals surface area (Å²) >= 11 is 0. The Morgan fingerprint density at radius 2 is 2.20 bits per heavy atom. The van der Waals surface area contributed by atoms with Crippen LogP contribution in [0.1, 0.15) is 32.6 Å². The first-order valence-corrected chi connectivity index (χ1v) is 5.74. The highest BCUT2D eigenvalue weighted by molar-refractivity contribution is 5.50. The second-order valence-corrected chi connectivity index (χ2v) is 4.48. The Bertz CT molecular complexity index is 324. The predicted molar refractivity (Wildman–Crippen MR) is 63.7 cm³/mol. The maximum Gasteiger partial charge on any atom is 0.125 e. The van der Waals surface area contributed by atoms with Crippen LogP contribution in [0.25, 0.3) is 0 Å². The minimum absolute atomic E-state index is 0.587. The van der Waals surface area contributed by atoms with Crippen molar-refractivity contribution in [1.29, 1.82) is 0 Å². The second kappa shape index (κ2) is 4.51. The molecule has 2 unspecified atom stereocenters. The molecular formula is C12H19N3. The maximum atomic E-state index is 5.65. The largest absolute Gasteiger partial charge is 0.384 e. The van der Waals surface area contributed by atoms with E-state index in [0.717, 1.165) is 11.6 Å². The summed E-state index contributed by atoms with van der Waals surface area (Å²) in [7, 11) is 0. The lowest BCUT2D eigenvalue weighted by Crippen LogP contribution is -2.30. The fourth-order valence-corrected chi connectivity index (χ4v) is 2.28. The molecule has 1 aliphatic carbocycles. The van der Waals surface area contributed by atoms with Gasteiger partial charge in [-0.1, -0.05) is 19.8 Å². The normalized spacial score (nSPS) is 26.2. The number of nitrogens with two attached hydrogens (primary N) is 1. The van der Waals surface area contributed by atoms with Gasteiger partial charge in [-0.3, -0.25) is 0 Å². The van der Waals surface area contributed by atoms with E-state index in [1.165, 1.54) is 25.7 Å². The molecule has 0 radical (unpaired) electrons. The van der Waals surface area contributed by atoms with Crippen molar-refractivity contribution in [2.45, 2.75) is 38.6 Å². The van der Waals surface area contributed by atoms with E-state index in [1.54, 1.807) is 6.20 Å². The Labute approximate surface area is 91.1 Å². The SMILES string of the molecule is CC1CCCCC1Nc1ccnc(N)c1. The topological polar surface area (TPSA) is 50.9 Å². The highest BCUT2D eigenvalue weighted by atomic mass is 14.9. The molecular weight excluding hydrogens is 186 g/mol. The van der Waals surface area contributed by atoms with E-state index in [9.17, 15) is 0 Å². The third kappa shape index (κ3) is 2.61. The van der Waals surface area contributed by atoms with Crippen LogP contribution in [-0.4, -0.2) is 11.0 Å². The van der Waals surface area contributed by atoms with Gasteiger partial charge >= 0.3 is 0 Å². The first-order valence-electron chi connectivity index (χ1n) is 5.74. The second-order valence-electron chi connectivity index (χ2n) is 4.48. The summed E-state index contributed by atoms with van der Waals surface area (Å²) in [4.78, 5) is 3.99. The van der Waals surface area contributed by atoms with Gasteiger partial charge in [0.05, 0.1) is 0 Å². The number of hydrogen-bond donors (Lipinski definition) is 2. The number of hydrogen-bond acceptors (Lipinski definition) is 3. The maximum absolute atomic E-state index is 5.65. The van der Waals surface area contributed by atoms with E-state index in [-0.39, 0.29) is 0 Å². The Hall–Kier alpha value is -1.25. The molecule has 15 heavy (non-hydrogen) atoms. The van der Waals surface area contributed by atoms with Gasteiger partial charge in [0.1, 0.15) is 5.82 Å². The fourth-order valence-electron chi connectivity index (χ4n) is 2.28. The zero-order chi connectivity index (χ0) is 10.7. The van der Waals surface area contributed by atoms with Gasteiger partial charge in [-0.15, -0.1) is 0 Å². The van der Waals surface area contributed by atoms with Crippen LogP contribution in [0.15, 0.2) is 18.3 Å². The average Bonchev–Trinajstić information content (AvgIpc) is 2.22.